The highest BCUT2D eigenvalue weighted by Gasteiger charge is 2.15. The van der Waals surface area contributed by atoms with Crippen molar-refractivity contribution in [3.05, 3.63) is 28.4 Å². The second-order valence-electron chi connectivity index (χ2n) is 4.74. The van der Waals surface area contributed by atoms with Crippen molar-refractivity contribution in [1.29, 1.82) is 0 Å². The second kappa shape index (κ2) is 3.57. The Hall–Kier alpha value is -2.37. The summed E-state index contributed by atoms with van der Waals surface area (Å²) >= 11 is 0. The smallest absolute Gasteiger partial charge is 0.295 e. The van der Waals surface area contributed by atoms with E-state index < -0.39 is 0 Å². The van der Waals surface area contributed by atoms with E-state index in [1.807, 2.05) is 12.1 Å². The topological polar surface area (TPSA) is 61.8 Å². The molecule has 0 saturated heterocycles. The Kier molecular flexibility index (Phi) is 2.20. The minimum absolute atomic E-state index is 0.0831. The van der Waals surface area contributed by atoms with Gasteiger partial charge in [0.2, 0.25) is 5.91 Å². The summed E-state index contributed by atoms with van der Waals surface area (Å²) in [6, 6.07) is 3.69. The Bertz CT molecular complexity index is 895. The molecule has 6 nitrogen and oxygen atoms in total. The first-order valence-corrected chi connectivity index (χ1v) is 5.97. The van der Waals surface area contributed by atoms with E-state index in [4.69, 9.17) is 0 Å². The fourth-order valence-corrected chi connectivity index (χ4v) is 2.59. The van der Waals surface area contributed by atoms with Crippen LogP contribution in [0.4, 0.5) is 0 Å². The first-order chi connectivity index (χ1) is 8.91. The molecule has 0 aliphatic carbocycles. The summed E-state index contributed by atoms with van der Waals surface area (Å²) in [5.41, 5.74) is 2.98. The van der Waals surface area contributed by atoms with Crippen molar-refractivity contribution in [2.45, 2.75) is 13.8 Å². The van der Waals surface area contributed by atoms with Crippen LogP contribution >= 0.6 is 0 Å². The molecule has 19 heavy (non-hydrogen) atoms. The summed E-state index contributed by atoms with van der Waals surface area (Å²) in [6.07, 6.45) is 0. The predicted octanol–water partition coefficient (Wildman–Crippen LogP) is 1.20. The molecule has 0 bridgehead atoms. The first-order valence-electron chi connectivity index (χ1n) is 5.97. The number of aromatic nitrogens is 4. The Morgan fingerprint density at radius 1 is 1.11 bits per heavy atom. The molecule has 0 amide bonds. The summed E-state index contributed by atoms with van der Waals surface area (Å²) < 4.78 is 4.71. The zero-order chi connectivity index (χ0) is 13.9. The number of carbonyl (C=O) groups is 1. The van der Waals surface area contributed by atoms with Crippen LogP contribution in [0.2, 0.25) is 0 Å². The average molecular weight is 258 g/mol. The maximum Gasteiger partial charge on any atom is 0.328 e. The van der Waals surface area contributed by atoms with Gasteiger partial charge in [0.15, 0.2) is 0 Å². The molecular formula is C13H14N4O2. The second-order valence-corrected chi connectivity index (χ2v) is 4.74. The van der Waals surface area contributed by atoms with Gasteiger partial charge in [0.05, 0.1) is 22.1 Å². The van der Waals surface area contributed by atoms with Gasteiger partial charge in [-0.2, -0.15) is 0 Å². The molecule has 6 heteroatoms. The van der Waals surface area contributed by atoms with E-state index in [9.17, 15) is 9.59 Å². The number of carbonyl (C=O) groups excluding carboxylic acids is 1. The van der Waals surface area contributed by atoms with Crippen molar-refractivity contribution in [3.8, 4) is 0 Å². The van der Waals surface area contributed by atoms with Gasteiger partial charge in [0.25, 0.3) is 0 Å². The maximum absolute atomic E-state index is 11.9. The lowest BCUT2D eigenvalue weighted by atomic mass is 10.2. The summed E-state index contributed by atoms with van der Waals surface area (Å²) in [6.45, 7) is 3.30. The van der Waals surface area contributed by atoms with Crippen LogP contribution in [0.5, 0.6) is 0 Å². The van der Waals surface area contributed by atoms with Crippen LogP contribution in [0.25, 0.3) is 22.1 Å². The van der Waals surface area contributed by atoms with Crippen molar-refractivity contribution in [2.75, 3.05) is 0 Å². The highest BCUT2D eigenvalue weighted by Crippen LogP contribution is 2.22. The van der Waals surface area contributed by atoms with Crippen molar-refractivity contribution in [2.24, 2.45) is 14.1 Å². The van der Waals surface area contributed by atoms with Crippen molar-refractivity contribution in [1.82, 2.24) is 18.7 Å². The van der Waals surface area contributed by atoms with E-state index in [1.54, 1.807) is 34.7 Å². The third-order valence-electron chi connectivity index (χ3n) is 3.53. The predicted molar refractivity (Wildman–Crippen MR) is 72.5 cm³/mol. The lowest BCUT2D eigenvalue weighted by Crippen LogP contribution is -2.19. The molecule has 0 saturated carbocycles. The van der Waals surface area contributed by atoms with Crippen LogP contribution in [0, 0.1) is 6.92 Å². The van der Waals surface area contributed by atoms with E-state index in [-0.39, 0.29) is 11.6 Å². The van der Waals surface area contributed by atoms with Gasteiger partial charge in [-0.3, -0.25) is 18.5 Å². The number of imidazole rings is 2. The van der Waals surface area contributed by atoms with Crippen LogP contribution in [0.3, 0.4) is 0 Å². The molecule has 0 spiro atoms. The van der Waals surface area contributed by atoms with Crippen molar-refractivity contribution in [3.63, 3.8) is 0 Å². The van der Waals surface area contributed by atoms with Gasteiger partial charge in [-0.1, -0.05) is 0 Å². The minimum Gasteiger partial charge on any atom is -0.295 e. The molecule has 0 radical (unpaired) electrons. The van der Waals surface area contributed by atoms with Crippen LogP contribution in [-0.4, -0.2) is 24.6 Å². The number of aryl methyl sites for hydroxylation is 3. The van der Waals surface area contributed by atoms with Crippen molar-refractivity contribution < 1.29 is 4.79 Å². The average Bonchev–Trinajstić information content (AvgIpc) is 2.77. The SMILES string of the molecule is CC(=O)n1c(C)nc2cc3c(cc21)n(C)c(=O)n3C. The Morgan fingerprint density at radius 2 is 1.68 bits per heavy atom. The van der Waals surface area contributed by atoms with Gasteiger partial charge in [0.1, 0.15) is 5.82 Å². The lowest BCUT2D eigenvalue weighted by Gasteiger charge is -2.01. The van der Waals surface area contributed by atoms with Gasteiger partial charge < -0.3 is 0 Å². The van der Waals surface area contributed by atoms with E-state index in [1.165, 1.54) is 6.92 Å². The maximum atomic E-state index is 11.9. The quantitative estimate of drug-likeness (QED) is 0.608. The molecule has 3 rings (SSSR count). The number of hydrogen-bond acceptors (Lipinski definition) is 3. The normalized spacial score (nSPS) is 11.6. The Morgan fingerprint density at radius 3 is 2.26 bits per heavy atom. The summed E-state index contributed by atoms with van der Waals surface area (Å²) in [4.78, 5) is 28.0. The van der Waals surface area contributed by atoms with E-state index in [0.717, 1.165) is 22.1 Å². The number of hydrogen-bond donors (Lipinski definition) is 0. The molecule has 0 aliphatic heterocycles. The molecule has 3 aromatic rings. The van der Waals surface area contributed by atoms with E-state index in [2.05, 4.69) is 4.98 Å². The largest absolute Gasteiger partial charge is 0.328 e. The molecule has 0 fully saturated rings. The molecule has 0 aliphatic rings. The molecule has 0 N–H and O–H groups in total. The first kappa shape index (κ1) is 11.7. The fraction of sp³-hybridized carbons (Fsp3) is 0.308. The Labute approximate surface area is 108 Å². The van der Waals surface area contributed by atoms with Gasteiger partial charge in [-0.05, 0) is 19.1 Å². The molecule has 0 atom stereocenters. The van der Waals surface area contributed by atoms with Gasteiger partial charge >= 0.3 is 5.69 Å². The molecule has 2 heterocycles. The standard InChI is InChI=1S/C13H14N4O2/c1-7-14-9-5-11-12(16(4)13(19)15(11)3)6-10(9)17(7)8(2)18/h5-6H,1-4H3. The van der Waals surface area contributed by atoms with Crippen LogP contribution in [-0.2, 0) is 14.1 Å². The van der Waals surface area contributed by atoms with Crippen LogP contribution < -0.4 is 5.69 Å². The molecule has 1 aromatic carbocycles. The molecule has 2 aromatic heterocycles. The summed E-state index contributed by atoms with van der Waals surface area (Å²) in [7, 11) is 3.45. The molecule has 98 valence electrons. The van der Waals surface area contributed by atoms with Gasteiger partial charge in [0, 0.05) is 21.0 Å². The van der Waals surface area contributed by atoms with Gasteiger partial charge in [-0.25, -0.2) is 9.78 Å². The third-order valence-corrected chi connectivity index (χ3v) is 3.53. The summed E-state index contributed by atoms with van der Waals surface area (Å²) in [5.74, 6) is 0.572. The summed E-state index contributed by atoms with van der Waals surface area (Å²) in [5, 5.41) is 0. The highest BCUT2D eigenvalue weighted by molar-refractivity contribution is 5.97. The third kappa shape index (κ3) is 1.39. The number of fused-ring (bicyclic) bond motifs is 2. The molecule has 0 unspecified atom stereocenters. The van der Waals surface area contributed by atoms with E-state index >= 15 is 0 Å². The molecular weight excluding hydrogens is 244 g/mol. The van der Waals surface area contributed by atoms with Crippen molar-refractivity contribution >= 4 is 28.0 Å². The Balaban J connectivity index is 2.56. The number of nitrogens with zero attached hydrogens (tertiary/aromatic N) is 4. The number of benzene rings is 1. The monoisotopic (exact) mass is 258 g/mol. The van der Waals surface area contributed by atoms with Crippen LogP contribution in [0.1, 0.15) is 17.5 Å². The minimum atomic E-state index is -0.0891. The van der Waals surface area contributed by atoms with Gasteiger partial charge in [-0.15, -0.1) is 0 Å². The lowest BCUT2D eigenvalue weighted by molar-refractivity contribution is 0.0939. The van der Waals surface area contributed by atoms with E-state index in [0.29, 0.717) is 5.82 Å². The zero-order valence-corrected chi connectivity index (χ0v) is 11.3. The highest BCUT2D eigenvalue weighted by atomic mass is 16.2. The zero-order valence-electron chi connectivity index (χ0n) is 11.3. The fourth-order valence-electron chi connectivity index (χ4n) is 2.59. The van der Waals surface area contributed by atoms with Crippen LogP contribution in [0.15, 0.2) is 16.9 Å². The number of rotatable bonds is 0.